The molecule has 22 heavy (non-hydrogen) atoms. The molecule has 0 saturated heterocycles. The summed E-state index contributed by atoms with van der Waals surface area (Å²) in [5.41, 5.74) is 0.953. The molecule has 0 aromatic carbocycles. The first-order valence-electron chi connectivity index (χ1n) is 7.76. The van der Waals surface area contributed by atoms with Gasteiger partial charge in [0.2, 0.25) is 0 Å². The van der Waals surface area contributed by atoms with E-state index < -0.39 is 0 Å². The Balaban J connectivity index is 2.82. The highest BCUT2D eigenvalue weighted by Crippen LogP contribution is 2.20. The summed E-state index contributed by atoms with van der Waals surface area (Å²) in [6, 6.07) is 1.96. The molecule has 0 radical (unpaired) electrons. The Morgan fingerprint density at radius 1 is 1.50 bits per heavy atom. The van der Waals surface area contributed by atoms with Gasteiger partial charge in [0.25, 0.3) is 0 Å². The molecule has 0 amide bonds. The Kier molecular flexibility index (Phi) is 7.23. The van der Waals surface area contributed by atoms with Crippen LogP contribution < -0.4 is 5.32 Å². The third-order valence-corrected chi connectivity index (χ3v) is 4.22. The van der Waals surface area contributed by atoms with E-state index in [0.29, 0.717) is 6.54 Å². The van der Waals surface area contributed by atoms with E-state index in [1.807, 2.05) is 37.8 Å². The van der Waals surface area contributed by atoms with Gasteiger partial charge < -0.3 is 19.9 Å². The number of hydrogen-bond acceptors (Lipinski definition) is 2. The number of guanidine groups is 1. The van der Waals surface area contributed by atoms with Gasteiger partial charge in [0.1, 0.15) is 0 Å². The average Bonchev–Trinajstić information content (AvgIpc) is 2.80. The van der Waals surface area contributed by atoms with E-state index in [9.17, 15) is 5.11 Å². The maximum Gasteiger partial charge on any atom is 0.194 e. The monoisotopic (exact) mass is 328 g/mol. The zero-order chi connectivity index (χ0) is 16.8. The second kappa shape index (κ2) is 8.44. The quantitative estimate of drug-likeness (QED) is 0.597. The summed E-state index contributed by atoms with van der Waals surface area (Å²) in [7, 11) is 3.99. The van der Waals surface area contributed by atoms with E-state index >= 15 is 0 Å². The van der Waals surface area contributed by atoms with Gasteiger partial charge in [0.15, 0.2) is 5.96 Å². The lowest BCUT2D eigenvalue weighted by Crippen LogP contribution is -2.40. The number of rotatable bonds is 7. The van der Waals surface area contributed by atoms with Crippen LogP contribution in [0.3, 0.4) is 0 Å². The molecule has 5 nitrogen and oxygen atoms in total. The van der Waals surface area contributed by atoms with Gasteiger partial charge in [-0.1, -0.05) is 25.4 Å². The molecule has 0 bridgehead atoms. The second-order valence-electron chi connectivity index (χ2n) is 6.11. The number of hydrogen-bond donors (Lipinski definition) is 2. The minimum Gasteiger partial charge on any atom is -0.396 e. The maximum absolute atomic E-state index is 9.52. The molecule has 1 unspecified atom stereocenters. The van der Waals surface area contributed by atoms with Crippen molar-refractivity contribution in [2.24, 2.45) is 17.5 Å². The van der Waals surface area contributed by atoms with Crippen molar-refractivity contribution in [3.63, 3.8) is 0 Å². The van der Waals surface area contributed by atoms with Crippen LogP contribution >= 0.6 is 11.6 Å². The summed E-state index contributed by atoms with van der Waals surface area (Å²) >= 11 is 6.04. The minimum atomic E-state index is -0.171. The van der Waals surface area contributed by atoms with E-state index in [2.05, 4.69) is 29.1 Å². The normalized spacial score (nSPS) is 14.8. The van der Waals surface area contributed by atoms with E-state index in [0.717, 1.165) is 36.2 Å². The molecule has 0 aliphatic rings. The van der Waals surface area contributed by atoms with Crippen LogP contribution in [0.5, 0.6) is 0 Å². The molecule has 0 aliphatic heterocycles. The number of nitrogens with zero attached hydrogens (tertiary/aromatic N) is 3. The smallest absolute Gasteiger partial charge is 0.194 e. The van der Waals surface area contributed by atoms with Gasteiger partial charge in [-0.05, 0) is 19.4 Å². The first-order valence-corrected chi connectivity index (χ1v) is 8.14. The molecular weight excluding hydrogens is 300 g/mol. The van der Waals surface area contributed by atoms with Crippen molar-refractivity contribution >= 4 is 17.6 Å². The van der Waals surface area contributed by atoms with Gasteiger partial charge in [-0.3, -0.25) is 4.99 Å². The van der Waals surface area contributed by atoms with Crippen LogP contribution in [0, 0.1) is 5.41 Å². The van der Waals surface area contributed by atoms with E-state index in [4.69, 9.17) is 11.6 Å². The molecule has 1 atom stereocenters. The molecule has 1 aromatic rings. The van der Waals surface area contributed by atoms with Crippen molar-refractivity contribution in [2.75, 3.05) is 26.7 Å². The molecule has 126 valence electrons. The van der Waals surface area contributed by atoms with Gasteiger partial charge in [-0.2, -0.15) is 0 Å². The second-order valence-corrected chi connectivity index (χ2v) is 6.55. The molecular formula is C16H29ClN4O. The molecule has 0 fully saturated rings. The highest BCUT2D eigenvalue weighted by Gasteiger charge is 2.21. The van der Waals surface area contributed by atoms with Crippen LogP contribution in [0.2, 0.25) is 5.02 Å². The molecule has 1 aromatic heterocycles. The van der Waals surface area contributed by atoms with Crippen molar-refractivity contribution in [2.45, 2.75) is 33.7 Å². The van der Waals surface area contributed by atoms with Crippen LogP contribution in [-0.2, 0) is 13.6 Å². The van der Waals surface area contributed by atoms with Gasteiger partial charge in [0, 0.05) is 37.9 Å². The van der Waals surface area contributed by atoms with Crippen molar-refractivity contribution in [1.29, 1.82) is 0 Å². The average molecular weight is 329 g/mol. The molecule has 0 spiro atoms. The molecule has 0 aliphatic carbocycles. The zero-order valence-electron chi connectivity index (χ0n) is 14.4. The summed E-state index contributed by atoms with van der Waals surface area (Å²) < 4.78 is 2.02. The lowest BCUT2D eigenvalue weighted by molar-refractivity contribution is 0.145. The Morgan fingerprint density at radius 3 is 2.64 bits per heavy atom. The van der Waals surface area contributed by atoms with Crippen LogP contribution in [0.15, 0.2) is 17.3 Å². The Labute approximate surface area is 139 Å². The maximum atomic E-state index is 9.52. The van der Waals surface area contributed by atoms with Crippen LogP contribution in [0.25, 0.3) is 0 Å². The number of aliphatic imine (C=N–C) groups is 1. The SMILES string of the molecule is CCNC(=NCC(C)(CC)CO)N(C)Cc1cc(Cl)cn1C. The number of aliphatic hydroxyl groups excluding tert-OH is 1. The van der Waals surface area contributed by atoms with Gasteiger partial charge in [0.05, 0.1) is 24.7 Å². The molecule has 1 heterocycles. The van der Waals surface area contributed by atoms with Gasteiger partial charge in [-0.15, -0.1) is 0 Å². The molecule has 6 heteroatoms. The summed E-state index contributed by atoms with van der Waals surface area (Å²) in [6.45, 7) is 8.44. The number of nitrogens with one attached hydrogen (secondary N) is 1. The first-order chi connectivity index (χ1) is 10.3. The van der Waals surface area contributed by atoms with Crippen LogP contribution in [-0.4, -0.2) is 47.3 Å². The van der Waals surface area contributed by atoms with Crippen LogP contribution in [0.4, 0.5) is 0 Å². The topological polar surface area (TPSA) is 52.8 Å². The van der Waals surface area contributed by atoms with E-state index in [1.165, 1.54) is 0 Å². The Hall–Kier alpha value is -1.20. The highest BCUT2D eigenvalue weighted by molar-refractivity contribution is 6.30. The number of aromatic nitrogens is 1. The molecule has 2 N–H and O–H groups in total. The number of aryl methyl sites for hydroxylation is 1. The van der Waals surface area contributed by atoms with Crippen molar-refractivity contribution in [3.8, 4) is 0 Å². The van der Waals surface area contributed by atoms with Crippen molar-refractivity contribution in [3.05, 3.63) is 23.0 Å². The lowest BCUT2D eigenvalue weighted by Gasteiger charge is -2.26. The first kappa shape index (κ1) is 18.8. The third-order valence-electron chi connectivity index (χ3n) is 4.02. The standard InChI is InChI=1S/C16H29ClN4O/c1-6-16(3,12-22)11-19-15(18-7-2)21(5)10-14-8-13(17)9-20(14)4/h8-9,22H,6-7,10-12H2,1-5H3,(H,18,19). The fourth-order valence-electron chi connectivity index (χ4n) is 2.05. The lowest BCUT2D eigenvalue weighted by atomic mass is 9.89. The number of halogens is 1. The zero-order valence-corrected chi connectivity index (χ0v) is 15.1. The number of aliphatic hydroxyl groups is 1. The predicted octanol–water partition coefficient (Wildman–Crippen LogP) is 2.48. The summed E-state index contributed by atoms with van der Waals surface area (Å²) in [6.07, 6.45) is 2.79. The summed E-state index contributed by atoms with van der Waals surface area (Å²) in [4.78, 5) is 6.76. The molecule has 0 saturated carbocycles. The van der Waals surface area contributed by atoms with E-state index in [-0.39, 0.29) is 12.0 Å². The molecule has 1 rings (SSSR count). The predicted molar refractivity (Wildman–Crippen MR) is 93.4 cm³/mol. The van der Waals surface area contributed by atoms with Crippen LogP contribution in [0.1, 0.15) is 32.9 Å². The highest BCUT2D eigenvalue weighted by atomic mass is 35.5. The fourth-order valence-corrected chi connectivity index (χ4v) is 2.32. The van der Waals surface area contributed by atoms with Gasteiger partial charge >= 0.3 is 0 Å². The Morgan fingerprint density at radius 2 is 2.18 bits per heavy atom. The fraction of sp³-hybridized carbons (Fsp3) is 0.688. The minimum absolute atomic E-state index is 0.142. The van der Waals surface area contributed by atoms with Gasteiger partial charge in [-0.25, -0.2) is 0 Å². The Bertz CT molecular complexity index is 494. The van der Waals surface area contributed by atoms with Crippen molar-refractivity contribution in [1.82, 2.24) is 14.8 Å². The third kappa shape index (κ3) is 5.21. The largest absolute Gasteiger partial charge is 0.396 e. The van der Waals surface area contributed by atoms with E-state index in [1.54, 1.807) is 0 Å². The summed E-state index contributed by atoms with van der Waals surface area (Å²) in [5, 5.41) is 13.6. The summed E-state index contributed by atoms with van der Waals surface area (Å²) in [5.74, 6) is 0.841. The van der Waals surface area contributed by atoms with Crippen molar-refractivity contribution < 1.29 is 5.11 Å².